The number of benzene rings is 3. The highest BCUT2D eigenvalue weighted by atomic mass is 19.1. The van der Waals surface area contributed by atoms with Crippen molar-refractivity contribution in [2.24, 2.45) is 0 Å². The van der Waals surface area contributed by atoms with Crippen LogP contribution in [0.25, 0.3) is 0 Å². The fourth-order valence-electron chi connectivity index (χ4n) is 3.59. The van der Waals surface area contributed by atoms with E-state index >= 15 is 0 Å². The molecule has 9 heteroatoms. The second kappa shape index (κ2) is 11.2. The molecular formula is C29H23FN6O2. The molecule has 3 aromatic carbocycles. The first kappa shape index (κ1) is 24.4. The molecule has 0 radical (unpaired) electrons. The number of nitrogens with zero attached hydrogens (tertiary/aromatic N) is 3. The highest BCUT2D eigenvalue weighted by Crippen LogP contribution is 2.24. The third-order valence-corrected chi connectivity index (χ3v) is 5.32. The van der Waals surface area contributed by atoms with Gasteiger partial charge in [0.15, 0.2) is 0 Å². The summed E-state index contributed by atoms with van der Waals surface area (Å²) < 4.78 is 18.8. The van der Waals surface area contributed by atoms with Crippen molar-refractivity contribution in [3.8, 4) is 11.5 Å². The molecule has 1 amide bonds. The number of hydrogen-bond acceptors (Lipinski definition) is 7. The lowest BCUT2D eigenvalue weighted by Crippen LogP contribution is -2.11. The smallest absolute Gasteiger partial charge is 0.255 e. The van der Waals surface area contributed by atoms with E-state index in [9.17, 15) is 9.18 Å². The summed E-state index contributed by atoms with van der Waals surface area (Å²) >= 11 is 0. The fraction of sp³-hybridized carbons (Fsp3) is 0.0345. The molecule has 5 aromatic rings. The normalized spacial score (nSPS) is 10.5. The predicted octanol–water partition coefficient (Wildman–Crippen LogP) is 6.85. The lowest BCUT2D eigenvalue weighted by atomic mass is 10.2. The predicted molar refractivity (Wildman–Crippen MR) is 145 cm³/mol. The van der Waals surface area contributed by atoms with E-state index in [-0.39, 0.29) is 11.7 Å². The van der Waals surface area contributed by atoms with Gasteiger partial charge < -0.3 is 20.7 Å². The second-order valence-electron chi connectivity index (χ2n) is 8.27. The highest BCUT2D eigenvalue weighted by Gasteiger charge is 2.09. The number of ether oxygens (including phenoxy) is 1. The minimum Gasteiger partial charge on any atom is -0.457 e. The van der Waals surface area contributed by atoms with Crippen molar-refractivity contribution in [1.29, 1.82) is 0 Å². The summed E-state index contributed by atoms with van der Waals surface area (Å²) in [7, 11) is 0. The summed E-state index contributed by atoms with van der Waals surface area (Å²) in [5.41, 5.74) is 1.84. The van der Waals surface area contributed by atoms with Gasteiger partial charge in [0.2, 0.25) is 0 Å². The summed E-state index contributed by atoms with van der Waals surface area (Å²) in [5, 5.41) is 9.30. The van der Waals surface area contributed by atoms with Crippen LogP contribution in [0.5, 0.6) is 11.5 Å². The Labute approximate surface area is 218 Å². The van der Waals surface area contributed by atoms with Crippen LogP contribution in [0.1, 0.15) is 16.2 Å². The molecule has 0 atom stereocenters. The van der Waals surface area contributed by atoms with Gasteiger partial charge in [0.05, 0.1) is 0 Å². The van der Waals surface area contributed by atoms with Crippen molar-refractivity contribution in [3.63, 3.8) is 0 Å². The fourth-order valence-corrected chi connectivity index (χ4v) is 3.59. The Hall–Kier alpha value is -5.31. The monoisotopic (exact) mass is 506 g/mol. The van der Waals surface area contributed by atoms with Crippen LogP contribution in [-0.4, -0.2) is 20.9 Å². The van der Waals surface area contributed by atoms with Gasteiger partial charge in [-0.25, -0.2) is 19.3 Å². The van der Waals surface area contributed by atoms with Crippen LogP contribution in [0.2, 0.25) is 0 Å². The largest absolute Gasteiger partial charge is 0.457 e. The average Bonchev–Trinajstić information content (AvgIpc) is 2.91. The molecule has 0 aliphatic heterocycles. The van der Waals surface area contributed by atoms with Gasteiger partial charge in [-0.1, -0.05) is 12.1 Å². The van der Waals surface area contributed by atoms with Crippen LogP contribution in [0.4, 0.5) is 33.2 Å². The molecule has 5 rings (SSSR count). The topological polar surface area (TPSA) is 101 Å². The Bertz CT molecular complexity index is 1540. The van der Waals surface area contributed by atoms with Gasteiger partial charge in [0.25, 0.3) is 5.91 Å². The SMILES string of the molecule is Cc1nc(Nc2ccc(NC(=O)c3cccc(Oc4ccc(F)cc4)c3)cc2)cc(Nc2ccccn2)n1. The molecule has 0 saturated heterocycles. The molecule has 0 aliphatic rings. The molecule has 188 valence electrons. The van der Waals surface area contributed by atoms with Crippen molar-refractivity contribution in [2.45, 2.75) is 6.92 Å². The first-order chi connectivity index (χ1) is 18.5. The number of carbonyl (C=O) groups is 1. The van der Waals surface area contributed by atoms with Crippen LogP contribution in [0.15, 0.2) is 103 Å². The lowest BCUT2D eigenvalue weighted by Gasteiger charge is -2.11. The summed E-state index contributed by atoms with van der Waals surface area (Å²) in [6.07, 6.45) is 1.70. The number of nitrogens with one attached hydrogen (secondary N) is 3. The molecule has 0 spiro atoms. The zero-order valence-electron chi connectivity index (χ0n) is 20.4. The van der Waals surface area contributed by atoms with E-state index in [0.717, 1.165) is 5.69 Å². The van der Waals surface area contributed by atoms with Gasteiger partial charge in [-0.2, -0.15) is 0 Å². The molecule has 2 aromatic heterocycles. The summed E-state index contributed by atoms with van der Waals surface area (Å²) in [6.45, 7) is 1.81. The summed E-state index contributed by atoms with van der Waals surface area (Å²) in [5.74, 6) is 2.84. The van der Waals surface area contributed by atoms with E-state index < -0.39 is 0 Å². The van der Waals surface area contributed by atoms with Gasteiger partial charge in [-0.05, 0) is 85.8 Å². The molecule has 2 heterocycles. The zero-order valence-corrected chi connectivity index (χ0v) is 20.4. The van der Waals surface area contributed by atoms with Crippen LogP contribution in [0, 0.1) is 12.7 Å². The van der Waals surface area contributed by atoms with E-state index in [1.807, 2.05) is 37.3 Å². The van der Waals surface area contributed by atoms with E-state index in [0.29, 0.717) is 46.0 Å². The molecule has 8 nitrogen and oxygen atoms in total. The van der Waals surface area contributed by atoms with Gasteiger partial charge in [0.1, 0.15) is 40.6 Å². The number of aromatic nitrogens is 3. The highest BCUT2D eigenvalue weighted by molar-refractivity contribution is 6.04. The summed E-state index contributed by atoms with van der Waals surface area (Å²) in [6, 6.07) is 27.1. The Morgan fingerprint density at radius 2 is 1.47 bits per heavy atom. The van der Waals surface area contributed by atoms with E-state index in [2.05, 4.69) is 30.9 Å². The number of hydrogen-bond donors (Lipinski definition) is 3. The maximum absolute atomic E-state index is 13.1. The zero-order chi connectivity index (χ0) is 26.3. The van der Waals surface area contributed by atoms with Gasteiger partial charge in [-0.3, -0.25) is 4.79 Å². The van der Waals surface area contributed by atoms with E-state index in [4.69, 9.17) is 4.74 Å². The Balaban J connectivity index is 1.22. The third-order valence-electron chi connectivity index (χ3n) is 5.32. The van der Waals surface area contributed by atoms with E-state index in [1.165, 1.54) is 24.3 Å². The molecule has 0 bridgehead atoms. The Morgan fingerprint density at radius 3 is 2.21 bits per heavy atom. The number of amides is 1. The number of anilines is 5. The van der Waals surface area contributed by atoms with Gasteiger partial charge in [0, 0.05) is 29.2 Å². The standard InChI is InChI=1S/C29H23FN6O2/c1-19-32-27(18-28(33-19)36-26-7-2-3-16-31-26)34-22-10-12-23(13-11-22)35-29(37)20-5-4-6-25(17-20)38-24-14-8-21(30)9-15-24/h2-18H,1H3,(H,35,37)(H2,31,32,33,34,36). The lowest BCUT2D eigenvalue weighted by molar-refractivity contribution is 0.102. The minimum atomic E-state index is -0.346. The molecule has 3 N–H and O–H groups in total. The third kappa shape index (κ3) is 6.46. The molecule has 0 unspecified atom stereocenters. The van der Waals surface area contributed by atoms with Crippen LogP contribution < -0.4 is 20.7 Å². The quantitative estimate of drug-likeness (QED) is 0.212. The maximum atomic E-state index is 13.1. The van der Waals surface area contributed by atoms with Crippen LogP contribution in [0.3, 0.4) is 0 Å². The minimum absolute atomic E-state index is 0.285. The number of halogens is 1. The number of carbonyl (C=O) groups excluding carboxylic acids is 1. The van der Waals surface area contributed by atoms with E-state index in [1.54, 1.807) is 48.7 Å². The van der Waals surface area contributed by atoms with Crippen molar-refractivity contribution in [3.05, 3.63) is 120 Å². The van der Waals surface area contributed by atoms with Crippen molar-refractivity contribution < 1.29 is 13.9 Å². The number of pyridine rings is 1. The van der Waals surface area contributed by atoms with Crippen molar-refractivity contribution in [2.75, 3.05) is 16.0 Å². The number of aryl methyl sites for hydroxylation is 1. The molecule has 0 aliphatic carbocycles. The number of rotatable bonds is 8. The van der Waals surface area contributed by atoms with Crippen LogP contribution >= 0.6 is 0 Å². The first-order valence-electron chi connectivity index (χ1n) is 11.8. The molecule has 0 saturated carbocycles. The molecule has 0 fully saturated rings. The second-order valence-corrected chi connectivity index (χ2v) is 8.27. The summed E-state index contributed by atoms with van der Waals surface area (Å²) in [4.78, 5) is 25.9. The van der Waals surface area contributed by atoms with Crippen molar-refractivity contribution in [1.82, 2.24) is 15.0 Å². The Morgan fingerprint density at radius 1 is 0.737 bits per heavy atom. The first-order valence-corrected chi connectivity index (χ1v) is 11.8. The molecular weight excluding hydrogens is 483 g/mol. The van der Waals surface area contributed by atoms with Crippen LogP contribution in [-0.2, 0) is 0 Å². The Kier molecular flexibility index (Phi) is 7.17. The maximum Gasteiger partial charge on any atom is 0.255 e. The van der Waals surface area contributed by atoms with Crippen molar-refractivity contribution >= 4 is 34.7 Å². The average molecular weight is 507 g/mol. The molecule has 38 heavy (non-hydrogen) atoms. The van der Waals surface area contributed by atoms with Gasteiger partial charge in [-0.15, -0.1) is 0 Å². The van der Waals surface area contributed by atoms with Gasteiger partial charge >= 0.3 is 0 Å².